The van der Waals surface area contributed by atoms with Gasteiger partial charge in [0.25, 0.3) is 29.5 Å². The topological polar surface area (TPSA) is 283 Å². The first kappa shape index (κ1) is 68.4. The molecule has 1 atom stereocenters. The number of ether oxygens (including phenoxy) is 2. The molecule has 8 aliphatic rings. The van der Waals surface area contributed by atoms with Crippen molar-refractivity contribution in [3.8, 4) is 34.0 Å². The normalized spacial score (nSPS) is 20.0. The molecule has 4 aliphatic carbocycles. The monoisotopic (exact) mass is 1380 g/mol. The van der Waals surface area contributed by atoms with Gasteiger partial charge in [-0.1, -0.05) is 50.7 Å². The molecule has 14 rings (SSSR count). The highest BCUT2D eigenvalue weighted by Gasteiger charge is 2.52. The zero-order valence-corrected chi connectivity index (χ0v) is 58.2. The molecule has 2 saturated heterocycles. The molecule has 24 nitrogen and oxygen atoms in total. The number of hydrogen-bond donors (Lipinski definition) is 4. The molecule has 4 saturated carbocycles. The third-order valence-corrected chi connectivity index (χ3v) is 24.2. The molecule has 26 heteroatoms. The van der Waals surface area contributed by atoms with Crippen LogP contribution in [0, 0.1) is 5.92 Å². The van der Waals surface area contributed by atoms with E-state index in [2.05, 4.69) is 24.6 Å². The molecule has 0 spiro atoms. The number of benzene rings is 4. The zero-order chi connectivity index (χ0) is 69.3. The highest BCUT2D eigenvalue weighted by atomic mass is 32.2. The van der Waals surface area contributed by atoms with Crippen LogP contribution in [0.4, 0.5) is 0 Å². The van der Waals surface area contributed by atoms with Crippen LogP contribution in [0.15, 0.2) is 78.4 Å². The van der Waals surface area contributed by atoms with E-state index in [0.29, 0.717) is 114 Å². The molecule has 6 aromatic rings. The van der Waals surface area contributed by atoms with Crippen molar-refractivity contribution in [2.24, 2.45) is 5.92 Å². The Kier molecular flexibility index (Phi) is 18.7. The molecule has 6 heterocycles. The number of aromatic nitrogens is 2. The molecule has 2 aromatic heterocycles. The van der Waals surface area contributed by atoms with Crippen molar-refractivity contribution >= 4 is 83.7 Å². The molecule has 4 aromatic carbocycles. The number of carbonyl (C=O) groups is 6. The number of aliphatic hydroxyl groups is 2. The lowest BCUT2D eigenvalue weighted by molar-refractivity contribution is -0.148. The van der Waals surface area contributed by atoms with Crippen LogP contribution in [0.25, 0.3) is 50.4 Å². The fourth-order valence-electron chi connectivity index (χ4n) is 15.4. The van der Waals surface area contributed by atoms with E-state index in [9.17, 15) is 55.8 Å². The first-order chi connectivity index (χ1) is 46.8. The van der Waals surface area contributed by atoms with Gasteiger partial charge in [-0.2, -0.15) is 25.4 Å². The smallest absolute Gasteiger partial charge is 0.303 e. The summed E-state index contributed by atoms with van der Waals surface area (Å²) >= 11 is 0. The van der Waals surface area contributed by atoms with Crippen LogP contribution in [-0.2, 0) is 59.1 Å². The molecule has 4 N–H and O–H groups in total. The van der Waals surface area contributed by atoms with Crippen molar-refractivity contribution in [3.05, 3.63) is 112 Å². The second-order valence-corrected chi connectivity index (χ2v) is 31.9. The maximum atomic E-state index is 14.4. The predicted octanol–water partition coefficient (Wildman–Crippen LogP) is 6.76. The number of methoxy groups -OCH3 is 2. The van der Waals surface area contributed by atoms with Crippen LogP contribution in [0.1, 0.15) is 145 Å². The Labute approximate surface area is 571 Å². The van der Waals surface area contributed by atoms with Gasteiger partial charge in [0.1, 0.15) is 22.7 Å². The van der Waals surface area contributed by atoms with Crippen LogP contribution >= 0.6 is 0 Å². The maximum Gasteiger partial charge on any atom is 0.303 e. The Morgan fingerprint density at radius 3 is 1.44 bits per heavy atom. The summed E-state index contributed by atoms with van der Waals surface area (Å²) in [6.45, 7) is 3.52. The standard InChI is InChI=1S/C36H45N5O7S.C36H43N5O7S/c2*1-38(2)49(46,47)37-33(42)24-9-11-29-30(21-24)41-22-26(34(43)39-15-17-40(18-16-39)35(44)36(45)13-14-36)19-25-20-27(48-3)10-12-28(25)32(41)31(29)23-7-5-4-6-8-23/h9-12,20-21,23,26,45H,4-8,13-19,22H2,1-3H3,(H,37,42);9-12,19-21,23,45H,4-8,13-18,22H2,1-3H3,(H,37,42). The number of nitrogens with one attached hydrogen (secondary N) is 2. The molecule has 4 aliphatic heterocycles. The Hall–Kier alpha value is -8.14. The van der Waals surface area contributed by atoms with Crippen LogP contribution in [0.2, 0.25) is 0 Å². The predicted molar refractivity (Wildman–Crippen MR) is 370 cm³/mol. The minimum atomic E-state index is -4.01. The number of carbonyl (C=O) groups excluding carboxylic acids is 6. The molecule has 0 radical (unpaired) electrons. The zero-order valence-electron chi connectivity index (χ0n) is 56.6. The average Bonchev–Trinajstić information content (AvgIpc) is 1.58. The second-order valence-electron chi connectivity index (χ2n) is 28.1. The quantitative estimate of drug-likeness (QED) is 0.0877. The van der Waals surface area contributed by atoms with Gasteiger partial charge in [0.05, 0.1) is 38.1 Å². The molecule has 98 heavy (non-hydrogen) atoms. The minimum Gasteiger partial charge on any atom is -0.497 e. The Balaban J connectivity index is 0.000000176. The summed E-state index contributed by atoms with van der Waals surface area (Å²) in [7, 11) is 0.665. The van der Waals surface area contributed by atoms with Gasteiger partial charge in [-0.3, -0.25) is 28.8 Å². The first-order valence-electron chi connectivity index (χ1n) is 34.3. The van der Waals surface area contributed by atoms with Gasteiger partial charge in [0, 0.05) is 137 Å². The number of hydrogen-bond acceptors (Lipinski definition) is 14. The third-order valence-electron chi connectivity index (χ3n) is 21.4. The van der Waals surface area contributed by atoms with E-state index in [-0.39, 0.29) is 47.2 Å². The van der Waals surface area contributed by atoms with Crippen molar-refractivity contribution in [2.45, 2.75) is 132 Å². The SMILES string of the molecule is COc1ccc2c(c1)C=C(C(=O)N1CCN(C(=O)C3(O)CC3)CC1)Cn1c-2c(C2CCCCC2)c2ccc(C(=O)NS(=O)(=O)N(C)C)cc21.COc1ccc2c(c1)CC(C(=O)N1CCN(C(=O)C3(O)CC3)CC1)Cn1c-2c(C2CCCCC2)c2ccc(C(=O)NS(=O)(=O)N(C)C)cc21. The van der Waals surface area contributed by atoms with Gasteiger partial charge in [-0.25, -0.2) is 9.44 Å². The van der Waals surface area contributed by atoms with Gasteiger partial charge in [0.2, 0.25) is 5.91 Å². The van der Waals surface area contributed by atoms with E-state index in [4.69, 9.17) is 9.47 Å². The average molecular weight is 1380 g/mol. The Bertz CT molecular complexity index is 4440. The lowest BCUT2D eigenvalue weighted by Gasteiger charge is -2.37. The van der Waals surface area contributed by atoms with Crippen molar-refractivity contribution in [3.63, 3.8) is 0 Å². The summed E-state index contributed by atoms with van der Waals surface area (Å²) < 4.78 is 71.9. The summed E-state index contributed by atoms with van der Waals surface area (Å²) in [4.78, 5) is 87.8. The van der Waals surface area contributed by atoms with E-state index < -0.39 is 49.4 Å². The van der Waals surface area contributed by atoms with Gasteiger partial charge < -0.3 is 48.4 Å². The summed E-state index contributed by atoms with van der Waals surface area (Å²) in [5.41, 5.74) is 8.30. The summed E-state index contributed by atoms with van der Waals surface area (Å²) in [5, 5.41) is 22.7. The minimum absolute atomic E-state index is 0.00843. The van der Waals surface area contributed by atoms with E-state index in [0.717, 1.165) is 115 Å². The van der Waals surface area contributed by atoms with Gasteiger partial charge in [0.15, 0.2) is 0 Å². The number of fused-ring (bicyclic) bond motifs is 10. The molecular weight excluding hydrogens is 1290 g/mol. The highest BCUT2D eigenvalue weighted by Crippen LogP contribution is 2.50. The molecule has 6 amide bonds. The summed E-state index contributed by atoms with van der Waals surface area (Å²) in [6, 6.07) is 22.6. The van der Waals surface area contributed by atoms with Crippen LogP contribution in [0.3, 0.4) is 0 Å². The molecule has 0 bridgehead atoms. The largest absolute Gasteiger partial charge is 0.497 e. The van der Waals surface area contributed by atoms with E-state index in [1.807, 2.05) is 53.4 Å². The van der Waals surface area contributed by atoms with Crippen molar-refractivity contribution in [2.75, 3.05) is 94.8 Å². The maximum absolute atomic E-state index is 14.4. The number of nitrogens with zero attached hydrogens (tertiary/aromatic N) is 8. The van der Waals surface area contributed by atoms with Gasteiger partial charge in [-0.15, -0.1) is 0 Å². The van der Waals surface area contributed by atoms with E-state index >= 15 is 0 Å². The highest BCUT2D eigenvalue weighted by molar-refractivity contribution is 7.88. The van der Waals surface area contributed by atoms with Crippen molar-refractivity contribution in [1.29, 1.82) is 0 Å². The fraction of sp³-hybridized carbons (Fsp3) is 0.500. The molecule has 1 unspecified atom stereocenters. The fourth-order valence-corrected chi connectivity index (χ4v) is 16.5. The Morgan fingerprint density at radius 2 is 0.969 bits per heavy atom. The first-order valence-corrected chi connectivity index (χ1v) is 37.2. The molecule has 6 fully saturated rings. The van der Waals surface area contributed by atoms with Crippen molar-refractivity contribution < 1.29 is 65.3 Å². The van der Waals surface area contributed by atoms with E-state index in [1.165, 1.54) is 52.2 Å². The van der Waals surface area contributed by atoms with Crippen LogP contribution in [0.5, 0.6) is 11.5 Å². The number of piperazine rings is 2. The molecule has 522 valence electrons. The van der Waals surface area contributed by atoms with Gasteiger partial charge >= 0.3 is 20.4 Å². The third kappa shape index (κ3) is 13.2. The lowest BCUT2D eigenvalue weighted by Crippen LogP contribution is -2.54. The van der Waals surface area contributed by atoms with Crippen LogP contribution < -0.4 is 18.9 Å². The summed E-state index contributed by atoms with van der Waals surface area (Å²) in [5.74, 6) is -0.606. The summed E-state index contributed by atoms with van der Waals surface area (Å²) in [6.07, 6.45) is 15.3. The van der Waals surface area contributed by atoms with Gasteiger partial charge in [-0.05, 0) is 159 Å². The Morgan fingerprint density at radius 1 is 0.531 bits per heavy atom. The number of rotatable bonds is 14. The molecular formula is C72H88N10O14S2. The van der Waals surface area contributed by atoms with Crippen LogP contribution in [-0.4, -0.2) is 206 Å². The lowest BCUT2D eigenvalue weighted by atomic mass is 9.81. The van der Waals surface area contributed by atoms with E-state index in [1.54, 1.807) is 53.2 Å². The second kappa shape index (κ2) is 26.8. The van der Waals surface area contributed by atoms with Crippen molar-refractivity contribution in [1.82, 2.24) is 46.8 Å². The number of amides is 6.